The Morgan fingerprint density at radius 2 is 1.97 bits per heavy atom. The van der Waals surface area contributed by atoms with Gasteiger partial charge in [0.05, 0.1) is 29.8 Å². The zero-order valence-electron chi connectivity index (χ0n) is 20.2. The molecule has 3 aromatic carbocycles. The van der Waals surface area contributed by atoms with Gasteiger partial charge in [-0.1, -0.05) is 48.0 Å². The Labute approximate surface area is 219 Å². The van der Waals surface area contributed by atoms with Crippen LogP contribution >= 0.6 is 11.6 Å². The van der Waals surface area contributed by atoms with E-state index in [0.717, 1.165) is 22.4 Å². The highest BCUT2D eigenvalue weighted by Gasteiger charge is 2.26. The Morgan fingerprint density at radius 3 is 2.73 bits per heavy atom. The number of aromatic amines is 1. The number of imidazole rings is 1. The lowest BCUT2D eigenvalue weighted by molar-refractivity contribution is -0.118. The summed E-state index contributed by atoms with van der Waals surface area (Å²) in [5.41, 5.74) is 9.41. The van der Waals surface area contributed by atoms with Crippen LogP contribution in [0.25, 0.3) is 11.0 Å². The van der Waals surface area contributed by atoms with E-state index in [4.69, 9.17) is 22.1 Å². The van der Waals surface area contributed by atoms with Gasteiger partial charge in [0.15, 0.2) is 0 Å². The topological polar surface area (TPSA) is 105 Å². The van der Waals surface area contributed by atoms with E-state index in [2.05, 4.69) is 20.6 Å². The number of carbonyl (C=O) groups excluding carboxylic acids is 1. The first-order chi connectivity index (χ1) is 18.0. The van der Waals surface area contributed by atoms with Crippen molar-refractivity contribution in [2.45, 2.75) is 37.5 Å². The zero-order chi connectivity index (χ0) is 25.8. The molecule has 0 aliphatic carbocycles. The number of nitrogens with zero attached hydrogens (tertiary/aromatic N) is 1. The molecule has 1 saturated heterocycles. The molecule has 1 aromatic heterocycles. The van der Waals surface area contributed by atoms with Crippen molar-refractivity contribution in [2.24, 2.45) is 5.73 Å². The van der Waals surface area contributed by atoms with E-state index in [1.807, 2.05) is 42.5 Å². The number of para-hydroxylation sites is 2. The minimum absolute atomic E-state index is 0.0320. The third-order valence-corrected chi connectivity index (χ3v) is 7.09. The van der Waals surface area contributed by atoms with Crippen molar-refractivity contribution in [2.75, 3.05) is 18.5 Å². The number of nitrogens with one attached hydrogen (secondary N) is 3. The minimum Gasteiger partial charge on any atom is -0.375 e. The van der Waals surface area contributed by atoms with Gasteiger partial charge in [-0.15, -0.1) is 0 Å². The number of primary amides is 1. The van der Waals surface area contributed by atoms with Crippen LogP contribution in [0.1, 0.15) is 29.4 Å². The molecule has 37 heavy (non-hydrogen) atoms. The first-order valence-corrected chi connectivity index (χ1v) is 12.7. The van der Waals surface area contributed by atoms with Gasteiger partial charge in [0.25, 0.3) is 0 Å². The quantitative estimate of drug-likeness (QED) is 0.259. The SMILES string of the molecule is NC(=O)[C@H](Cc1ccccc1Cl)Nc1cccc(F)c1CC[C@@H]1CN[C@H](c2nc3ccccc3[nH]2)CO1. The maximum atomic E-state index is 14.9. The molecule has 0 spiro atoms. The minimum atomic E-state index is -0.738. The number of hydrogen-bond donors (Lipinski definition) is 4. The number of carbonyl (C=O) groups is 1. The van der Waals surface area contributed by atoms with Crippen LogP contribution in [0.15, 0.2) is 66.7 Å². The molecule has 4 aromatic rings. The second-order valence-corrected chi connectivity index (χ2v) is 9.66. The molecule has 2 heterocycles. The highest BCUT2D eigenvalue weighted by molar-refractivity contribution is 6.31. The molecule has 0 radical (unpaired) electrons. The third-order valence-electron chi connectivity index (χ3n) is 6.72. The summed E-state index contributed by atoms with van der Waals surface area (Å²) >= 11 is 6.27. The summed E-state index contributed by atoms with van der Waals surface area (Å²) in [7, 11) is 0. The molecule has 3 atom stereocenters. The lowest BCUT2D eigenvalue weighted by Crippen LogP contribution is -2.41. The number of morpholine rings is 1. The predicted octanol–water partition coefficient (Wildman–Crippen LogP) is 4.53. The number of ether oxygens (including phenoxy) is 1. The van der Waals surface area contributed by atoms with Gasteiger partial charge in [0.2, 0.25) is 5.91 Å². The van der Waals surface area contributed by atoms with Gasteiger partial charge in [-0.05, 0) is 48.7 Å². The van der Waals surface area contributed by atoms with Gasteiger partial charge in [-0.2, -0.15) is 0 Å². The van der Waals surface area contributed by atoms with E-state index in [1.54, 1.807) is 18.2 Å². The number of nitrogens with two attached hydrogens (primary N) is 1. The number of rotatable bonds is 9. The summed E-state index contributed by atoms with van der Waals surface area (Å²) in [6, 6.07) is 19.2. The van der Waals surface area contributed by atoms with E-state index in [1.165, 1.54) is 6.07 Å². The molecule has 9 heteroatoms. The Kier molecular flexibility index (Phi) is 7.69. The Balaban J connectivity index is 1.21. The molecule has 5 rings (SSSR count). The number of H-pyrrole nitrogens is 1. The number of benzene rings is 3. The van der Waals surface area contributed by atoms with Crippen molar-refractivity contribution in [3.05, 3.63) is 94.5 Å². The van der Waals surface area contributed by atoms with Crippen LogP contribution in [0.3, 0.4) is 0 Å². The van der Waals surface area contributed by atoms with Crippen LogP contribution in [-0.2, 0) is 22.4 Å². The van der Waals surface area contributed by atoms with E-state index >= 15 is 0 Å². The maximum Gasteiger partial charge on any atom is 0.240 e. The number of anilines is 1. The Morgan fingerprint density at radius 1 is 1.16 bits per heavy atom. The largest absolute Gasteiger partial charge is 0.375 e. The molecule has 1 fully saturated rings. The number of halogens is 2. The first kappa shape index (κ1) is 25.2. The normalized spacial score (nSPS) is 18.5. The second kappa shape index (κ2) is 11.3. The number of fused-ring (bicyclic) bond motifs is 1. The highest BCUT2D eigenvalue weighted by atomic mass is 35.5. The van der Waals surface area contributed by atoms with Crippen LogP contribution < -0.4 is 16.4 Å². The number of hydrogen-bond acceptors (Lipinski definition) is 5. The molecule has 192 valence electrons. The van der Waals surface area contributed by atoms with Crippen molar-refractivity contribution in [3.63, 3.8) is 0 Å². The van der Waals surface area contributed by atoms with Crippen molar-refractivity contribution in [1.82, 2.24) is 15.3 Å². The molecule has 1 aliphatic heterocycles. The lowest BCUT2D eigenvalue weighted by atomic mass is 10.0. The molecule has 0 unspecified atom stereocenters. The monoisotopic (exact) mass is 521 g/mol. The summed E-state index contributed by atoms with van der Waals surface area (Å²) in [5.74, 6) is -0.0299. The first-order valence-electron chi connectivity index (χ1n) is 12.3. The fourth-order valence-corrected chi connectivity index (χ4v) is 4.88. The van der Waals surface area contributed by atoms with Crippen molar-refractivity contribution >= 4 is 34.2 Å². The summed E-state index contributed by atoms with van der Waals surface area (Å²) < 4.78 is 21.0. The molecule has 1 aliphatic rings. The van der Waals surface area contributed by atoms with Gasteiger partial charge in [0, 0.05) is 29.2 Å². The summed E-state index contributed by atoms with van der Waals surface area (Å²) in [4.78, 5) is 20.2. The fourth-order valence-electron chi connectivity index (χ4n) is 4.67. The smallest absolute Gasteiger partial charge is 0.240 e. The average molecular weight is 522 g/mol. The maximum absolute atomic E-state index is 14.9. The Hall–Kier alpha value is -3.46. The Bertz CT molecular complexity index is 1350. The van der Waals surface area contributed by atoms with E-state index in [0.29, 0.717) is 48.7 Å². The fraction of sp³-hybridized carbons (Fsp3) is 0.286. The van der Waals surface area contributed by atoms with E-state index in [-0.39, 0.29) is 18.0 Å². The van der Waals surface area contributed by atoms with Gasteiger partial charge in [-0.25, -0.2) is 9.37 Å². The van der Waals surface area contributed by atoms with E-state index < -0.39 is 11.9 Å². The van der Waals surface area contributed by atoms with Crippen LogP contribution in [-0.4, -0.2) is 41.2 Å². The standard InChI is InChI=1S/C28H29ClFN5O2/c29-20-7-2-1-6-17(20)14-25(27(31)36)33-22-11-5-8-21(30)19(22)13-12-18-15-32-26(16-37-18)28-34-23-9-3-4-10-24(23)35-28/h1-11,18,25-26,32-33H,12-16H2,(H2,31,36)(H,34,35)/t18-,25+,26+/m1/s1. The van der Waals surface area contributed by atoms with Gasteiger partial charge in [0.1, 0.15) is 17.7 Å². The van der Waals surface area contributed by atoms with Gasteiger partial charge in [-0.3, -0.25) is 4.79 Å². The molecule has 0 bridgehead atoms. The summed E-state index contributed by atoms with van der Waals surface area (Å²) in [6.45, 7) is 1.09. The van der Waals surface area contributed by atoms with Crippen molar-refractivity contribution in [3.8, 4) is 0 Å². The van der Waals surface area contributed by atoms with Crippen LogP contribution in [0, 0.1) is 5.82 Å². The van der Waals surface area contributed by atoms with Crippen LogP contribution in [0.4, 0.5) is 10.1 Å². The number of amides is 1. The molecular formula is C28H29ClFN5O2. The van der Waals surface area contributed by atoms with Gasteiger partial charge < -0.3 is 26.1 Å². The molecule has 1 amide bonds. The van der Waals surface area contributed by atoms with Crippen molar-refractivity contribution < 1.29 is 13.9 Å². The lowest BCUT2D eigenvalue weighted by Gasteiger charge is -2.29. The summed E-state index contributed by atoms with van der Waals surface area (Å²) in [5, 5.41) is 7.19. The zero-order valence-corrected chi connectivity index (χ0v) is 21.0. The van der Waals surface area contributed by atoms with Crippen LogP contribution in [0.2, 0.25) is 5.02 Å². The molecule has 7 nitrogen and oxygen atoms in total. The summed E-state index contributed by atoms with van der Waals surface area (Å²) in [6.07, 6.45) is 1.27. The third kappa shape index (κ3) is 5.93. The highest BCUT2D eigenvalue weighted by Crippen LogP contribution is 2.26. The van der Waals surface area contributed by atoms with Crippen LogP contribution in [0.5, 0.6) is 0 Å². The van der Waals surface area contributed by atoms with Gasteiger partial charge >= 0.3 is 0 Å². The van der Waals surface area contributed by atoms with Crippen molar-refractivity contribution in [1.29, 1.82) is 0 Å². The second-order valence-electron chi connectivity index (χ2n) is 9.25. The molecule has 0 saturated carbocycles. The average Bonchev–Trinajstić information content (AvgIpc) is 3.34. The molecule has 5 N–H and O–H groups in total. The number of aromatic nitrogens is 2. The molecular weight excluding hydrogens is 493 g/mol. The van der Waals surface area contributed by atoms with E-state index in [9.17, 15) is 9.18 Å². The predicted molar refractivity (Wildman–Crippen MR) is 143 cm³/mol.